The van der Waals surface area contributed by atoms with Crippen LogP contribution in [0.3, 0.4) is 0 Å². The molecule has 0 amide bonds. The van der Waals surface area contributed by atoms with Crippen LogP contribution in [0.15, 0.2) is 109 Å². The van der Waals surface area contributed by atoms with Crippen LogP contribution in [0.1, 0.15) is 50.7 Å². The largest absolute Gasteiger partial charge is 0.135 e. The van der Waals surface area contributed by atoms with Crippen molar-refractivity contribution in [3.05, 3.63) is 120 Å². The summed E-state index contributed by atoms with van der Waals surface area (Å²) in [6.45, 7) is 9.15. The standard InChI is InChI=1S/C38H32S/c1-23(2)27-17-18-37-35(19-27)36-22-29(24(3)4)21-34(38(36)39-37)26-15-13-25(14-16-26)33-20-28-9-5-6-10-30(28)31-11-7-8-12-32(31)33/h5-24H,1-4H3. The van der Waals surface area contributed by atoms with Gasteiger partial charge in [0.25, 0.3) is 0 Å². The second-order valence-corrected chi connectivity index (χ2v) is 12.4. The molecular weight excluding hydrogens is 488 g/mol. The van der Waals surface area contributed by atoms with Gasteiger partial charge in [0.15, 0.2) is 0 Å². The molecular formula is C38H32S. The zero-order valence-corrected chi connectivity index (χ0v) is 23.8. The number of fused-ring (bicyclic) bond motifs is 6. The summed E-state index contributed by atoms with van der Waals surface area (Å²) >= 11 is 1.93. The minimum atomic E-state index is 0.472. The maximum absolute atomic E-state index is 2.43. The first-order valence-electron chi connectivity index (χ1n) is 14.0. The van der Waals surface area contributed by atoms with E-state index < -0.39 is 0 Å². The molecule has 7 aromatic rings. The van der Waals surface area contributed by atoms with Crippen LogP contribution in [-0.2, 0) is 0 Å². The van der Waals surface area contributed by atoms with Crippen LogP contribution in [0.4, 0.5) is 0 Å². The Kier molecular flexibility index (Phi) is 5.79. The Morgan fingerprint density at radius 2 is 1.08 bits per heavy atom. The number of rotatable bonds is 4. The van der Waals surface area contributed by atoms with E-state index in [0.29, 0.717) is 11.8 Å². The number of benzene rings is 6. The van der Waals surface area contributed by atoms with Gasteiger partial charge >= 0.3 is 0 Å². The molecule has 6 aromatic carbocycles. The smallest absolute Gasteiger partial charge is 0.0434 e. The normalized spacial score (nSPS) is 12.1. The predicted molar refractivity (Wildman–Crippen MR) is 173 cm³/mol. The third-order valence-electron chi connectivity index (χ3n) is 8.23. The van der Waals surface area contributed by atoms with E-state index in [1.807, 2.05) is 11.3 Å². The summed E-state index contributed by atoms with van der Waals surface area (Å²) in [5.74, 6) is 0.996. The van der Waals surface area contributed by atoms with Crippen LogP contribution in [0.5, 0.6) is 0 Å². The monoisotopic (exact) mass is 520 g/mol. The van der Waals surface area contributed by atoms with Crippen LogP contribution >= 0.6 is 11.3 Å². The molecule has 0 bridgehead atoms. The second kappa shape index (κ2) is 9.36. The highest BCUT2D eigenvalue weighted by Gasteiger charge is 2.16. The first-order valence-corrected chi connectivity index (χ1v) is 14.8. The van der Waals surface area contributed by atoms with E-state index in [2.05, 4.69) is 137 Å². The summed E-state index contributed by atoms with van der Waals surface area (Å²) in [5.41, 5.74) is 7.99. The highest BCUT2D eigenvalue weighted by molar-refractivity contribution is 7.26. The van der Waals surface area contributed by atoms with E-state index in [4.69, 9.17) is 0 Å². The Hall–Kier alpha value is -3.94. The van der Waals surface area contributed by atoms with Crippen molar-refractivity contribution < 1.29 is 0 Å². The van der Waals surface area contributed by atoms with Crippen LogP contribution < -0.4 is 0 Å². The fraction of sp³-hybridized carbons (Fsp3) is 0.158. The van der Waals surface area contributed by atoms with Crippen molar-refractivity contribution in [2.45, 2.75) is 39.5 Å². The first-order chi connectivity index (χ1) is 19.0. The molecule has 0 saturated carbocycles. The van der Waals surface area contributed by atoms with Crippen LogP contribution in [0, 0.1) is 0 Å². The van der Waals surface area contributed by atoms with Gasteiger partial charge < -0.3 is 0 Å². The highest BCUT2D eigenvalue weighted by atomic mass is 32.1. The van der Waals surface area contributed by atoms with E-state index in [1.165, 1.54) is 75.1 Å². The molecule has 0 spiro atoms. The summed E-state index contributed by atoms with van der Waals surface area (Å²) in [6, 6.07) is 41.0. The van der Waals surface area contributed by atoms with Gasteiger partial charge in [0.05, 0.1) is 0 Å². The summed E-state index contributed by atoms with van der Waals surface area (Å²) in [6.07, 6.45) is 0. The van der Waals surface area contributed by atoms with Crippen molar-refractivity contribution in [3.8, 4) is 22.3 Å². The van der Waals surface area contributed by atoms with E-state index >= 15 is 0 Å². The minimum absolute atomic E-state index is 0.472. The molecule has 0 aliphatic heterocycles. The van der Waals surface area contributed by atoms with E-state index in [9.17, 15) is 0 Å². The van der Waals surface area contributed by atoms with Gasteiger partial charge in [0.1, 0.15) is 0 Å². The minimum Gasteiger partial charge on any atom is -0.135 e. The topological polar surface area (TPSA) is 0 Å². The first kappa shape index (κ1) is 24.1. The van der Waals surface area contributed by atoms with E-state index in [-0.39, 0.29) is 0 Å². The van der Waals surface area contributed by atoms with E-state index in [0.717, 1.165) is 0 Å². The van der Waals surface area contributed by atoms with Gasteiger partial charge in [-0.3, -0.25) is 0 Å². The van der Waals surface area contributed by atoms with E-state index in [1.54, 1.807) is 0 Å². The van der Waals surface area contributed by atoms with Crippen LogP contribution in [0.25, 0.3) is 64.0 Å². The van der Waals surface area contributed by atoms with Gasteiger partial charge in [-0.1, -0.05) is 107 Å². The average molecular weight is 521 g/mol. The van der Waals surface area contributed by atoms with Gasteiger partial charge in [-0.15, -0.1) is 11.3 Å². The molecule has 7 rings (SSSR count). The lowest BCUT2D eigenvalue weighted by Crippen LogP contribution is -1.90. The number of hydrogen-bond acceptors (Lipinski definition) is 1. The summed E-state index contributed by atoms with van der Waals surface area (Å²) in [4.78, 5) is 0. The maximum Gasteiger partial charge on any atom is 0.0434 e. The molecule has 39 heavy (non-hydrogen) atoms. The van der Waals surface area contributed by atoms with Gasteiger partial charge in [0, 0.05) is 20.2 Å². The maximum atomic E-state index is 2.43. The molecule has 0 saturated heterocycles. The summed E-state index contributed by atoms with van der Waals surface area (Å²) in [7, 11) is 0. The van der Waals surface area contributed by atoms with Gasteiger partial charge in [-0.05, 0) is 97.1 Å². The fourth-order valence-corrected chi connectivity index (χ4v) is 7.15. The van der Waals surface area contributed by atoms with Crippen molar-refractivity contribution in [2.75, 3.05) is 0 Å². The lowest BCUT2D eigenvalue weighted by atomic mass is 9.91. The Morgan fingerprint density at radius 1 is 0.462 bits per heavy atom. The Balaban J connectivity index is 1.41. The van der Waals surface area contributed by atoms with Crippen molar-refractivity contribution in [3.63, 3.8) is 0 Å². The van der Waals surface area contributed by atoms with Crippen LogP contribution in [0.2, 0.25) is 0 Å². The van der Waals surface area contributed by atoms with Gasteiger partial charge in [0.2, 0.25) is 0 Å². The number of thiophene rings is 1. The third kappa shape index (κ3) is 4.04. The molecule has 1 aromatic heterocycles. The number of hydrogen-bond donors (Lipinski definition) is 0. The summed E-state index contributed by atoms with van der Waals surface area (Å²) in [5, 5.41) is 8.00. The third-order valence-corrected chi connectivity index (χ3v) is 9.45. The predicted octanol–water partition coefficient (Wildman–Crippen LogP) is 11.9. The molecule has 0 atom stereocenters. The molecule has 0 nitrogen and oxygen atoms in total. The fourth-order valence-electron chi connectivity index (χ4n) is 5.95. The van der Waals surface area contributed by atoms with Gasteiger partial charge in [-0.25, -0.2) is 0 Å². The second-order valence-electron chi connectivity index (χ2n) is 11.4. The molecule has 1 heteroatoms. The molecule has 190 valence electrons. The SMILES string of the molecule is CC(C)c1ccc2sc3c(-c4ccc(-c5cc6ccccc6c6ccccc56)cc4)cc(C(C)C)cc3c2c1. The molecule has 0 aliphatic carbocycles. The molecule has 0 fully saturated rings. The molecule has 1 heterocycles. The summed E-state index contributed by atoms with van der Waals surface area (Å²) < 4.78 is 2.76. The van der Waals surface area contributed by atoms with Crippen molar-refractivity contribution in [2.24, 2.45) is 0 Å². The lowest BCUT2D eigenvalue weighted by molar-refractivity contribution is 0.868. The van der Waals surface area contributed by atoms with Crippen molar-refractivity contribution in [1.29, 1.82) is 0 Å². The van der Waals surface area contributed by atoms with Gasteiger partial charge in [-0.2, -0.15) is 0 Å². The zero-order valence-electron chi connectivity index (χ0n) is 23.0. The Bertz CT molecular complexity index is 2000. The lowest BCUT2D eigenvalue weighted by Gasteiger charge is -2.13. The Labute approximate surface area is 234 Å². The van der Waals surface area contributed by atoms with Crippen molar-refractivity contribution >= 4 is 53.1 Å². The van der Waals surface area contributed by atoms with Crippen LogP contribution in [-0.4, -0.2) is 0 Å². The molecule has 0 unspecified atom stereocenters. The quantitative estimate of drug-likeness (QED) is 0.202. The average Bonchev–Trinajstić information content (AvgIpc) is 3.34. The molecule has 0 N–H and O–H groups in total. The Morgan fingerprint density at radius 3 is 1.79 bits per heavy atom. The highest BCUT2D eigenvalue weighted by Crippen LogP contribution is 2.43. The zero-order chi connectivity index (χ0) is 26.7. The molecule has 0 aliphatic rings. The molecule has 0 radical (unpaired) electrons. The van der Waals surface area contributed by atoms with Crippen molar-refractivity contribution in [1.82, 2.24) is 0 Å².